The largest absolute Gasteiger partial charge is 0.405 e. The van der Waals surface area contributed by atoms with Gasteiger partial charge in [-0.2, -0.15) is 13.2 Å². The molecule has 96 valence electrons. The minimum absolute atomic E-state index is 0.267. The van der Waals surface area contributed by atoms with E-state index >= 15 is 0 Å². The number of rotatable bonds is 4. The molecule has 0 aliphatic heterocycles. The van der Waals surface area contributed by atoms with E-state index in [0.29, 0.717) is 11.6 Å². The summed E-state index contributed by atoms with van der Waals surface area (Å²) in [5, 5.41) is 2.80. The smallest absolute Gasteiger partial charge is 0.373 e. The van der Waals surface area contributed by atoms with Crippen molar-refractivity contribution in [1.82, 2.24) is 4.98 Å². The van der Waals surface area contributed by atoms with Crippen LogP contribution < -0.4 is 10.2 Å². The number of nitrogens with one attached hydrogen (secondary N) is 1. The third-order valence-corrected chi connectivity index (χ3v) is 2.26. The van der Waals surface area contributed by atoms with Crippen LogP contribution in [0.3, 0.4) is 0 Å². The maximum absolute atomic E-state index is 12.4. The number of anilines is 2. The summed E-state index contributed by atoms with van der Waals surface area (Å²) in [5.74, 6) is 0.875. The lowest BCUT2D eigenvalue weighted by atomic mass is 10.3. The minimum Gasteiger partial charge on any atom is -0.373 e. The Morgan fingerprint density at radius 2 is 2.00 bits per heavy atom. The maximum Gasteiger partial charge on any atom is 0.405 e. The summed E-state index contributed by atoms with van der Waals surface area (Å²) < 4.78 is 37.3. The van der Waals surface area contributed by atoms with Crippen LogP contribution in [-0.2, 0) is 0 Å². The molecule has 3 nitrogen and oxygen atoms in total. The Morgan fingerprint density at radius 1 is 1.35 bits per heavy atom. The van der Waals surface area contributed by atoms with Crippen LogP contribution in [-0.4, -0.2) is 30.8 Å². The predicted octanol–water partition coefficient (Wildman–Crippen LogP) is 2.90. The molecule has 1 aromatic heterocycles. The number of aromatic nitrogens is 1. The molecule has 0 fully saturated rings. The van der Waals surface area contributed by atoms with E-state index in [4.69, 9.17) is 0 Å². The topological polar surface area (TPSA) is 28.2 Å². The fourth-order valence-electron chi connectivity index (χ4n) is 1.44. The summed E-state index contributed by atoms with van der Waals surface area (Å²) in [7, 11) is 1.68. The molecule has 1 rings (SSSR count). The number of alkyl halides is 3. The molecule has 0 unspecified atom stereocenters. The number of nitrogens with zero attached hydrogens (tertiary/aromatic N) is 2. The third-order valence-electron chi connectivity index (χ3n) is 2.26. The lowest BCUT2D eigenvalue weighted by molar-refractivity contribution is -0.120. The van der Waals surface area contributed by atoms with Gasteiger partial charge in [-0.25, -0.2) is 4.98 Å². The molecule has 6 heteroatoms. The van der Waals surface area contributed by atoms with E-state index < -0.39 is 12.7 Å². The van der Waals surface area contributed by atoms with Gasteiger partial charge < -0.3 is 10.2 Å². The number of halogens is 3. The molecule has 0 radical (unpaired) electrons. The molecule has 0 saturated heterocycles. The van der Waals surface area contributed by atoms with Gasteiger partial charge in [0.1, 0.15) is 18.2 Å². The maximum atomic E-state index is 12.4. The van der Waals surface area contributed by atoms with E-state index in [0.717, 1.165) is 0 Å². The van der Waals surface area contributed by atoms with E-state index in [1.165, 1.54) is 4.90 Å². The van der Waals surface area contributed by atoms with Crippen LogP contribution in [0, 0.1) is 0 Å². The first-order chi connectivity index (χ1) is 7.83. The van der Waals surface area contributed by atoms with Gasteiger partial charge in [-0.1, -0.05) is 6.07 Å². The molecule has 0 aliphatic rings. The second kappa shape index (κ2) is 5.25. The molecule has 17 heavy (non-hydrogen) atoms. The molecule has 1 aromatic rings. The summed E-state index contributed by atoms with van der Waals surface area (Å²) in [6.45, 7) is 2.42. The van der Waals surface area contributed by atoms with Crippen molar-refractivity contribution in [3.05, 3.63) is 18.2 Å². The summed E-state index contributed by atoms with van der Waals surface area (Å²) in [6.07, 6.45) is -4.23. The lowest BCUT2D eigenvalue weighted by Gasteiger charge is -2.28. The molecule has 0 aliphatic carbocycles. The average Bonchev–Trinajstić information content (AvgIpc) is 2.24. The van der Waals surface area contributed by atoms with Crippen LogP contribution in [0.15, 0.2) is 18.2 Å². The zero-order chi connectivity index (χ0) is 13.1. The van der Waals surface area contributed by atoms with Gasteiger partial charge in [0.15, 0.2) is 0 Å². The van der Waals surface area contributed by atoms with Gasteiger partial charge >= 0.3 is 6.18 Å². The van der Waals surface area contributed by atoms with E-state index in [9.17, 15) is 13.2 Å². The zero-order valence-corrected chi connectivity index (χ0v) is 10.0. The van der Waals surface area contributed by atoms with E-state index in [1.54, 1.807) is 39.1 Å². The van der Waals surface area contributed by atoms with Crippen molar-refractivity contribution in [2.24, 2.45) is 0 Å². The molecular weight excluding hydrogens is 231 g/mol. The van der Waals surface area contributed by atoms with Gasteiger partial charge in [0.25, 0.3) is 0 Å². The van der Waals surface area contributed by atoms with Crippen LogP contribution in [0.4, 0.5) is 24.8 Å². The second-order valence-corrected chi connectivity index (χ2v) is 3.97. The third kappa shape index (κ3) is 4.13. The number of hydrogen-bond acceptors (Lipinski definition) is 3. The molecule has 1 N–H and O–H groups in total. The SMILES string of the molecule is CNc1cccc(N(CC(F)(F)F)C(C)C)n1. The highest BCUT2D eigenvalue weighted by Crippen LogP contribution is 2.23. The summed E-state index contributed by atoms with van der Waals surface area (Å²) >= 11 is 0. The van der Waals surface area contributed by atoms with E-state index in [1.807, 2.05) is 0 Å². The average molecular weight is 247 g/mol. The molecule has 0 spiro atoms. The van der Waals surface area contributed by atoms with Crippen LogP contribution in [0.25, 0.3) is 0 Å². The van der Waals surface area contributed by atoms with E-state index in [2.05, 4.69) is 10.3 Å². The van der Waals surface area contributed by atoms with Crippen LogP contribution >= 0.6 is 0 Å². The first kappa shape index (κ1) is 13.6. The predicted molar refractivity (Wildman–Crippen MR) is 62.3 cm³/mol. The highest BCUT2D eigenvalue weighted by molar-refractivity contribution is 5.47. The Bertz CT molecular complexity index is 363. The van der Waals surface area contributed by atoms with Gasteiger partial charge in [-0.15, -0.1) is 0 Å². The Balaban J connectivity index is 2.97. The van der Waals surface area contributed by atoms with Gasteiger partial charge in [0.05, 0.1) is 0 Å². The standard InChI is InChI=1S/C11H16F3N3/c1-8(2)17(7-11(12,13)14)10-6-4-5-9(15-3)16-10/h4-6,8H,7H2,1-3H3,(H,15,16). The molecule has 0 bridgehead atoms. The Kier molecular flexibility index (Phi) is 4.20. The highest BCUT2D eigenvalue weighted by atomic mass is 19.4. The number of pyridine rings is 1. The molecule has 0 saturated carbocycles. The summed E-state index contributed by atoms with van der Waals surface area (Å²) in [4.78, 5) is 5.33. The monoisotopic (exact) mass is 247 g/mol. The number of hydrogen-bond donors (Lipinski definition) is 1. The second-order valence-electron chi connectivity index (χ2n) is 3.97. The minimum atomic E-state index is -4.23. The Labute approximate surface area is 98.6 Å². The van der Waals surface area contributed by atoms with Crippen molar-refractivity contribution >= 4 is 11.6 Å². The van der Waals surface area contributed by atoms with Crippen molar-refractivity contribution in [2.45, 2.75) is 26.1 Å². The zero-order valence-electron chi connectivity index (χ0n) is 10.0. The van der Waals surface area contributed by atoms with Crippen molar-refractivity contribution in [1.29, 1.82) is 0 Å². The first-order valence-electron chi connectivity index (χ1n) is 5.31. The Morgan fingerprint density at radius 3 is 2.47 bits per heavy atom. The van der Waals surface area contributed by atoms with Crippen LogP contribution in [0.5, 0.6) is 0 Å². The molecule has 0 atom stereocenters. The molecule has 0 amide bonds. The highest BCUT2D eigenvalue weighted by Gasteiger charge is 2.32. The van der Waals surface area contributed by atoms with Crippen molar-refractivity contribution in [2.75, 3.05) is 23.8 Å². The van der Waals surface area contributed by atoms with Gasteiger partial charge in [0.2, 0.25) is 0 Å². The normalized spacial score (nSPS) is 11.7. The van der Waals surface area contributed by atoms with Crippen molar-refractivity contribution < 1.29 is 13.2 Å². The van der Waals surface area contributed by atoms with Gasteiger partial charge in [0, 0.05) is 13.1 Å². The first-order valence-corrected chi connectivity index (χ1v) is 5.31. The quantitative estimate of drug-likeness (QED) is 0.886. The van der Waals surface area contributed by atoms with Crippen LogP contribution in [0.1, 0.15) is 13.8 Å². The molecule has 0 aromatic carbocycles. The van der Waals surface area contributed by atoms with Crippen LogP contribution in [0.2, 0.25) is 0 Å². The lowest BCUT2D eigenvalue weighted by Crippen LogP contribution is -2.39. The Hall–Kier alpha value is -1.46. The fourth-order valence-corrected chi connectivity index (χ4v) is 1.44. The van der Waals surface area contributed by atoms with Crippen molar-refractivity contribution in [3.8, 4) is 0 Å². The summed E-state index contributed by atoms with van der Waals surface area (Å²) in [5.41, 5.74) is 0. The van der Waals surface area contributed by atoms with Gasteiger partial charge in [-0.3, -0.25) is 0 Å². The van der Waals surface area contributed by atoms with Crippen molar-refractivity contribution in [3.63, 3.8) is 0 Å². The fraction of sp³-hybridized carbons (Fsp3) is 0.545. The summed E-state index contributed by atoms with van der Waals surface area (Å²) in [6, 6.07) is 4.69. The van der Waals surface area contributed by atoms with E-state index in [-0.39, 0.29) is 6.04 Å². The molecule has 1 heterocycles. The van der Waals surface area contributed by atoms with Gasteiger partial charge in [-0.05, 0) is 26.0 Å². The molecular formula is C11H16F3N3.